The third-order valence-electron chi connectivity index (χ3n) is 3.35. The average molecular weight is 406 g/mol. The predicted octanol–water partition coefficient (Wildman–Crippen LogP) is 3.84. The molecule has 0 heterocycles. The van der Waals surface area contributed by atoms with E-state index in [1.54, 1.807) is 0 Å². The zero-order valence-corrected chi connectivity index (χ0v) is 13.8. The van der Waals surface area contributed by atoms with Gasteiger partial charge in [0.1, 0.15) is 5.75 Å². The number of carbonyl (C=O) groups is 2. The summed E-state index contributed by atoms with van der Waals surface area (Å²) in [4.78, 5) is 23.1. The van der Waals surface area contributed by atoms with Gasteiger partial charge in [0.15, 0.2) is 6.61 Å². The molecule has 0 atom stereocenters. The van der Waals surface area contributed by atoms with Crippen LogP contribution in [0.1, 0.15) is 21.5 Å². The molecule has 0 spiro atoms. The molecule has 0 saturated heterocycles. The highest BCUT2D eigenvalue weighted by Crippen LogP contribution is 2.37. The molecule has 150 valence electrons. The molecule has 2 aromatic carbocycles. The number of nitrogens with one attached hydrogen (secondary N) is 1. The molecule has 0 unspecified atom stereocenters. The first kappa shape index (κ1) is 21.1. The Hall–Kier alpha value is -3.24. The molecule has 3 N–H and O–H groups in total. The van der Waals surface area contributed by atoms with Gasteiger partial charge in [-0.25, -0.2) is 0 Å². The van der Waals surface area contributed by atoms with Crippen LogP contribution in [0, 0.1) is 0 Å². The zero-order chi connectivity index (χ0) is 21.1. The van der Waals surface area contributed by atoms with Gasteiger partial charge in [-0.2, -0.15) is 26.3 Å². The first-order valence-electron chi connectivity index (χ1n) is 7.49. The van der Waals surface area contributed by atoms with Gasteiger partial charge in [-0.3, -0.25) is 9.59 Å². The highest BCUT2D eigenvalue weighted by Gasteiger charge is 2.37. The second kappa shape index (κ2) is 7.79. The number of primary amides is 1. The molecular formula is C17H12F6N2O3. The maximum atomic E-state index is 12.9. The number of rotatable bonds is 5. The number of benzene rings is 2. The second-order valence-corrected chi connectivity index (χ2v) is 5.50. The van der Waals surface area contributed by atoms with E-state index in [0.717, 1.165) is 0 Å². The lowest BCUT2D eigenvalue weighted by Crippen LogP contribution is -2.22. The third-order valence-corrected chi connectivity index (χ3v) is 3.35. The number of alkyl halides is 6. The molecule has 0 aliphatic carbocycles. The summed E-state index contributed by atoms with van der Waals surface area (Å²) in [6.45, 7) is -0.577. The Morgan fingerprint density at radius 3 is 1.96 bits per heavy atom. The van der Waals surface area contributed by atoms with E-state index in [1.165, 1.54) is 24.3 Å². The fourth-order valence-corrected chi connectivity index (χ4v) is 2.15. The van der Waals surface area contributed by atoms with E-state index in [4.69, 9.17) is 10.5 Å². The van der Waals surface area contributed by atoms with Gasteiger partial charge in [0, 0.05) is 5.69 Å². The van der Waals surface area contributed by atoms with Gasteiger partial charge < -0.3 is 15.8 Å². The van der Waals surface area contributed by atoms with Crippen molar-refractivity contribution >= 4 is 17.5 Å². The molecule has 2 aromatic rings. The van der Waals surface area contributed by atoms with Gasteiger partial charge in [-0.1, -0.05) is 12.1 Å². The van der Waals surface area contributed by atoms with E-state index in [1.807, 2.05) is 5.32 Å². The van der Waals surface area contributed by atoms with Gasteiger partial charge in [0.2, 0.25) is 0 Å². The molecule has 0 aliphatic rings. The topological polar surface area (TPSA) is 81.4 Å². The molecule has 2 rings (SSSR count). The standard InChI is InChI=1S/C17H12F6N2O3/c18-16(19,20)9-5-10(17(21,22)23)7-11(6-9)25-15(27)12-3-1-2-4-13(12)28-8-14(24)26/h1-7H,8H2,(H2,24,26)(H,25,27). The van der Waals surface area contributed by atoms with E-state index in [-0.39, 0.29) is 17.4 Å². The van der Waals surface area contributed by atoms with E-state index >= 15 is 0 Å². The SMILES string of the molecule is NC(=O)COc1ccccc1C(=O)Nc1cc(C(F)(F)F)cc(C(F)(F)F)c1. The molecule has 0 bridgehead atoms. The van der Waals surface area contributed by atoms with Crippen LogP contribution in [0.4, 0.5) is 32.0 Å². The molecule has 11 heteroatoms. The molecule has 0 saturated carbocycles. The summed E-state index contributed by atoms with van der Waals surface area (Å²) >= 11 is 0. The lowest BCUT2D eigenvalue weighted by molar-refractivity contribution is -0.143. The fraction of sp³-hybridized carbons (Fsp3) is 0.176. The van der Waals surface area contributed by atoms with Gasteiger partial charge in [0.05, 0.1) is 16.7 Å². The van der Waals surface area contributed by atoms with E-state index in [2.05, 4.69) is 0 Å². The fourth-order valence-electron chi connectivity index (χ4n) is 2.15. The van der Waals surface area contributed by atoms with Crippen molar-refractivity contribution in [2.45, 2.75) is 12.4 Å². The summed E-state index contributed by atoms with van der Waals surface area (Å²) in [5.74, 6) is -2.00. The van der Waals surface area contributed by atoms with Crippen LogP contribution in [0.3, 0.4) is 0 Å². The zero-order valence-electron chi connectivity index (χ0n) is 13.8. The molecule has 5 nitrogen and oxygen atoms in total. The van der Waals surface area contributed by atoms with E-state index in [0.29, 0.717) is 12.1 Å². The molecule has 0 aromatic heterocycles. The summed E-state index contributed by atoms with van der Waals surface area (Å²) in [7, 11) is 0. The van der Waals surface area contributed by atoms with Crippen LogP contribution in [0.5, 0.6) is 5.75 Å². The number of amides is 2. The Labute approximate surface area is 154 Å². The van der Waals surface area contributed by atoms with Crippen molar-refractivity contribution in [3.8, 4) is 5.75 Å². The quantitative estimate of drug-likeness (QED) is 0.741. The first-order chi connectivity index (χ1) is 12.9. The van der Waals surface area contributed by atoms with E-state index < -0.39 is 47.6 Å². The summed E-state index contributed by atoms with van der Waals surface area (Å²) < 4.78 is 82.4. The lowest BCUT2D eigenvalue weighted by Gasteiger charge is -2.15. The first-order valence-corrected chi connectivity index (χ1v) is 7.49. The minimum Gasteiger partial charge on any atom is -0.483 e. The van der Waals surface area contributed by atoms with Gasteiger partial charge in [0.25, 0.3) is 11.8 Å². The highest BCUT2D eigenvalue weighted by atomic mass is 19.4. The summed E-state index contributed by atoms with van der Waals surface area (Å²) in [5.41, 5.74) is 0.856. The third kappa shape index (κ3) is 5.38. The number of ether oxygens (including phenoxy) is 1. The normalized spacial score (nSPS) is 11.8. The number of nitrogens with two attached hydrogens (primary N) is 1. The Bertz CT molecular complexity index is 861. The molecular weight excluding hydrogens is 394 g/mol. The largest absolute Gasteiger partial charge is 0.483 e. The molecule has 0 fully saturated rings. The van der Waals surface area contributed by atoms with Crippen molar-refractivity contribution in [2.24, 2.45) is 5.73 Å². The van der Waals surface area contributed by atoms with Crippen LogP contribution in [0.25, 0.3) is 0 Å². The summed E-state index contributed by atoms with van der Waals surface area (Å²) in [6, 6.07) is 6.02. The average Bonchev–Trinajstić information content (AvgIpc) is 2.58. The number of hydrogen-bond acceptors (Lipinski definition) is 3. The van der Waals surface area contributed by atoms with Crippen LogP contribution in [-0.4, -0.2) is 18.4 Å². The van der Waals surface area contributed by atoms with Gasteiger partial charge in [-0.15, -0.1) is 0 Å². The van der Waals surface area contributed by atoms with Crippen molar-refractivity contribution in [1.29, 1.82) is 0 Å². The van der Waals surface area contributed by atoms with Crippen molar-refractivity contribution < 1.29 is 40.7 Å². The number of anilines is 1. The number of halogens is 6. The van der Waals surface area contributed by atoms with E-state index in [9.17, 15) is 35.9 Å². The van der Waals surface area contributed by atoms with Crippen LogP contribution in [0.2, 0.25) is 0 Å². The van der Waals surface area contributed by atoms with Crippen LogP contribution >= 0.6 is 0 Å². The predicted molar refractivity (Wildman–Crippen MR) is 85.5 cm³/mol. The Morgan fingerprint density at radius 2 is 1.46 bits per heavy atom. The molecule has 0 aliphatic heterocycles. The Kier molecular flexibility index (Phi) is 5.86. The van der Waals surface area contributed by atoms with Crippen molar-refractivity contribution in [2.75, 3.05) is 11.9 Å². The monoisotopic (exact) mass is 406 g/mol. The van der Waals surface area contributed by atoms with Gasteiger partial charge >= 0.3 is 12.4 Å². The highest BCUT2D eigenvalue weighted by molar-refractivity contribution is 6.06. The van der Waals surface area contributed by atoms with Crippen LogP contribution in [0.15, 0.2) is 42.5 Å². The lowest BCUT2D eigenvalue weighted by atomic mass is 10.1. The molecule has 28 heavy (non-hydrogen) atoms. The minimum absolute atomic E-state index is 0.0560. The Morgan fingerprint density at radius 1 is 0.929 bits per heavy atom. The minimum atomic E-state index is -5.05. The van der Waals surface area contributed by atoms with Crippen LogP contribution < -0.4 is 15.8 Å². The van der Waals surface area contributed by atoms with Gasteiger partial charge in [-0.05, 0) is 30.3 Å². The van der Waals surface area contributed by atoms with Crippen LogP contribution in [-0.2, 0) is 17.1 Å². The second-order valence-electron chi connectivity index (χ2n) is 5.50. The molecule has 2 amide bonds. The summed E-state index contributed by atoms with van der Waals surface area (Å²) in [5, 5.41) is 1.98. The number of hydrogen-bond donors (Lipinski definition) is 2. The maximum absolute atomic E-state index is 12.9. The smallest absolute Gasteiger partial charge is 0.416 e. The Balaban J connectivity index is 2.38. The summed E-state index contributed by atoms with van der Waals surface area (Å²) in [6.07, 6.45) is -10.1. The maximum Gasteiger partial charge on any atom is 0.416 e. The molecule has 0 radical (unpaired) electrons. The number of para-hydroxylation sites is 1. The van der Waals surface area contributed by atoms with Crippen molar-refractivity contribution in [3.63, 3.8) is 0 Å². The van der Waals surface area contributed by atoms with Crippen molar-refractivity contribution in [3.05, 3.63) is 59.2 Å². The van der Waals surface area contributed by atoms with Crippen molar-refractivity contribution in [1.82, 2.24) is 0 Å². The number of carbonyl (C=O) groups excluding carboxylic acids is 2.